The first-order valence-corrected chi connectivity index (χ1v) is 11.5. The van der Waals surface area contributed by atoms with Gasteiger partial charge >= 0.3 is 5.97 Å². The number of carbonyl (C=O) groups is 2. The van der Waals surface area contributed by atoms with E-state index in [1.54, 1.807) is 12.1 Å². The molecule has 1 amide bonds. The van der Waals surface area contributed by atoms with Crippen LogP contribution in [0.1, 0.15) is 19.4 Å². The van der Waals surface area contributed by atoms with Gasteiger partial charge in [0.1, 0.15) is 11.5 Å². The van der Waals surface area contributed by atoms with Crippen molar-refractivity contribution in [1.29, 1.82) is 0 Å². The number of rotatable bonds is 10. The third kappa shape index (κ3) is 6.73. The van der Waals surface area contributed by atoms with E-state index in [9.17, 15) is 9.59 Å². The van der Waals surface area contributed by atoms with E-state index < -0.39 is 18.5 Å². The van der Waals surface area contributed by atoms with Gasteiger partial charge in [-0.2, -0.15) is 11.3 Å². The number of carbonyl (C=O) groups excluding carboxylic acids is 2. The van der Waals surface area contributed by atoms with Gasteiger partial charge in [-0.25, -0.2) is 4.79 Å². The number of anilines is 2. The number of benzene rings is 1. The van der Waals surface area contributed by atoms with Crippen molar-refractivity contribution in [2.45, 2.75) is 13.8 Å². The van der Waals surface area contributed by atoms with E-state index in [2.05, 4.69) is 10.2 Å². The zero-order chi connectivity index (χ0) is 22.8. The van der Waals surface area contributed by atoms with Crippen molar-refractivity contribution in [3.8, 4) is 11.5 Å². The molecule has 1 aromatic heterocycles. The summed E-state index contributed by atoms with van der Waals surface area (Å²) in [5.74, 6) is 0.108. The van der Waals surface area contributed by atoms with Gasteiger partial charge in [-0.3, -0.25) is 4.79 Å². The highest BCUT2D eigenvalue weighted by molar-refractivity contribution is 7.08. The molecule has 172 valence electrons. The van der Waals surface area contributed by atoms with Crippen LogP contribution >= 0.6 is 11.3 Å². The fourth-order valence-electron chi connectivity index (χ4n) is 3.15. The van der Waals surface area contributed by atoms with E-state index in [-0.39, 0.29) is 0 Å². The zero-order valence-corrected chi connectivity index (χ0v) is 19.1. The Balaban J connectivity index is 1.68. The second kappa shape index (κ2) is 12.1. The van der Waals surface area contributed by atoms with E-state index >= 15 is 0 Å². The quantitative estimate of drug-likeness (QED) is 0.428. The van der Waals surface area contributed by atoms with Crippen LogP contribution < -0.4 is 19.7 Å². The Morgan fingerprint density at radius 2 is 1.91 bits per heavy atom. The monoisotopic (exact) mass is 460 g/mol. The van der Waals surface area contributed by atoms with Crippen LogP contribution in [0.3, 0.4) is 0 Å². The Hall–Kier alpha value is -3.04. The number of thiophene rings is 1. The molecule has 32 heavy (non-hydrogen) atoms. The smallest absolute Gasteiger partial charge is 0.331 e. The van der Waals surface area contributed by atoms with Gasteiger partial charge in [0, 0.05) is 31.3 Å². The highest BCUT2D eigenvalue weighted by Gasteiger charge is 2.20. The van der Waals surface area contributed by atoms with Crippen LogP contribution in [-0.4, -0.2) is 58.0 Å². The lowest BCUT2D eigenvalue weighted by molar-refractivity contribution is -0.142. The molecule has 0 unspecified atom stereocenters. The molecule has 2 aromatic rings. The van der Waals surface area contributed by atoms with Crippen LogP contribution in [0.15, 0.2) is 35.0 Å². The van der Waals surface area contributed by atoms with Crippen molar-refractivity contribution < 1.29 is 28.5 Å². The maximum Gasteiger partial charge on any atom is 0.331 e. The Morgan fingerprint density at radius 1 is 1.16 bits per heavy atom. The van der Waals surface area contributed by atoms with E-state index in [4.69, 9.17) is 18.9 Å². The minimum absolute atomic E-state index is 0.409. The standard InChI is InChI=1S/C23H28N2O6S/c1-3-29-20-14-19(25-8-10-28-11-9-25)21(30-4-2)13-18(20)24-22(26)15-31-23(27)6-5-17-7-12-32-16-17/h5-7,12-14,16H,3-4,8-11,15H2,1-2H3,(H,24,26)/b6-5+. The molecular formula is C23H28N2O6S. The third-order valence-electron chi connectivity index (χ3n) is 4.59. The fourth-order valence-corrected chi connectivity index (χ4v) is 3.78. The summed E-state index contributed by atoms with van der Waals surface area (Å²) in [7, 11) is 0. The van der Waals surface area contributed by atoms with Gasteiger partial charge < -0.3 is 29.2 Å². The number of nitrogens with zero attached hydrogens (tertiary/aromatic N) is 1. The first kappa shape index (κ1) is 23.6. The van der Waals surface area contributed by atoms with E-state index in [1.807, 2.05) is 36.7 Å². The third-order valence-corrected chi connectivity index (χ3v) is 5.29. The second-order valence-corrected chi connectivity index (χ2v) is 7.61. The number of amides is 1. The lowest BCUT2D eigenvalue weighted by atomic mass is 10.2. The summed E-state index contributed by atoms with van der Waals surface area (Å²) in [6.45, 7) is 7.04. The predicted octanol–water partition coefficient (Wildman–Crippen LogP) is 3.58. The molecule has 1 saturated heterocycles. The van der Waals surface area contributed by atoms with Crippen molar-refractivity contribution >= 4 is 40.7 Å². The highest BCUT2D eigenvalue weighted by atomic mass is 32.1. The lowest BCUT2D eigenvalue weighted by Gasteiger charge is -2.31. The predicted molar refractivity (Wildman–Crippen MR) is 125 cm³/mol. The molecule has 1 aliphatic rings. The topological polar surface area (TPSA) is 86.3 Å². The van der Waals surface area contributed by atoms with Gasteiger partial charge in [0.05, 0.1) is 37.8 Å². The molecule has 0 aliphatic carbocycles. The van der Waals surface area contributed by atoms with Crippen LogP contribution in [0.2, 0.25) is 0 Å². The molecule has 0 bridgehead atoms. The molecule has 1 aromatic carbocycles. The summed E-state index contributed by atoms with van der Waals surface area (Å²) in [5.41, 5.74) is 2.25. The van der Waals surface area contributed by atoms with Gasteiger partial charge in [0.2, 0.25) is 0 Å². The molecule has 1 fully saturated rings. The highest BCUT2D eigenvalue weighted by Crippen LogP contribution is 2.39. The maximum atomic E-state index is 12.4. The molecule has 1 N–H and O–H groups in total. The Labute approximate surface area is 191 Å². The number of ether oxygens (including phenoxy) is 4. The van der Waals surface area contributed by atoms with Crippen LogP contribution in [0, 0.1) is 0 Å². The largest absolute Gasteiger partial charge is 0.492 e. The lowest BCUT2D eigenvalue weighted by Crippen LogP contribution is -2.36. The SMILES string of the molecule is CCOc1cc(N2CCOCC2)c(OCC)cc1NC(=O)COC(=O)/C=C/c1ccsc1. The molecule has 0 atom stereocenters. The second-order valence-electron chi connectivity index (χ2n) is 6.83. The minimum atomic E-state index is -0.589. The minimum Gasteiger partial charge on any atom is -0.492 e. The van der Waals surface area contributed by atoms with Gasteiger partial charge in [0.15, 0.2) is 6.61 Å². The first-order valence-electron chi connectivity index (χ1n) is 10.5. The van der Waals surface area contributed by atoms with Gasteiger partial charge in [-0.1, -0.05) is 0 Å². The number of nitrogens with one attached hydrogen (secondary N) is 1. The van der Waals surface area contributed by atoms with Crippen molar-refractivity contribution in [2.24, 2.45) is 0 Å². The molecule has 9 heteroatoms. The van der Waals surface area contributed by atoms with Crippen LogP contribution in [0.5, 0.6) is 11.5 Å². The molecule has 2 heterocycles. The summed E-state index contributed by atoms with van der Waals surface area (Å²) in [4.78, 5) is 26.5. The Morgan fingerprint density at radius 3 is 2.59 bits per heavy atom. The number of morpholine rings is 1. The molecule has 0 radical (unpaired) electrons. The van der Waals surface area contributed by atoms with Crippen molar-refractivity contribution in [3.63, 3.8) is 0 Å². The van der Waals surface area contributed by atoms with Crippen molar-refractivity contribution in [1.82, 2.24) is 0 Å². The molecule has 0 spiro atoms. The van der Waals surface area contributed by atoms with Crippen LogP contribution in [-0.2, 0) is 19.1 Å². The molecule has 3 rings (SSSR count). The summed E-state index contributed by atoms with van der Waals surface area (Å²) in [6.07, 6.45) is 2.94. The molecule has 1 aliphatic heterocycles. The summed E-state index contributed by atoms with van der Waals surface area (Å²) in [6, 6.07) is 5.49. The Kier molecular flexibility index (Phi) is 8.94. The van der Waals surface area contributed by atoms with Crippen LogP contribution in [0.25, 0.3) is 6.08 Å². The molecule has 8 nitrogen and oxygen atoms in total. The maximum absolute atomic E-state index is 12.4. The van der Waals surface area contributed by atoms with Gasteiger partial charge in [0.25, 0.3) is 5.91 Å². The first-order chi connectivity index (χ1) is 15.6. The van der Waals surface area contributed by atoms with Crippen molar-refractivity contribution in [2.75, 3.05) is 56.3 Å². The van der Waals surface area contributed by atoms with Crippen molar-refractivity contribution in [3.05, 3.63) is 40.6 Å². The average Bonchev–Trinajstić information content (AvgIpc) is 3.32. The normalized spacial score (nSPS) is 13.8. The number of esters is 1. The summed E-state index contributed by atoms with van der Waals surface area (Å²) < 4.78 is 22.1. The average molecular weight is 461 g/mol. The fraction of sp³-hybridized carbons (Fsp3) is 0.391. The Bertz CT molecular complexity index is 923. The van der Waals surface area contributed by atoms with Gasteiger partial charge in [-0.05, 0) is 42.3 Å². The van der Waals surface area contributed by atoms with E-state index in [1.165, 1.54) is 17.4 Å². The zero-order valence-electron chi connectivity index (χ0n) is 18.3. The van der Waals surface area contributed by atoms with Gasteiger partial charge in [-0.15, -0.1) is 0 Å². The number of hydrogen-bond donors (Lipinski definition) is 1. The number of hydrogen-bond acceptors (Lipinski definition) is 8. The van der Waals surface area contributed by atoms with E-state index in [0.717, 1.165) is 24.3 Å². The summed E-state index contributed by atoms with van der Waals surface area (Å²) >= 11 is 1.53. The van der Waals surface area contributed by atoms with E-state index in [0.29, 0.717) is 43.6 Å². The van der Waals surface area contributed by atoms with Crippen LogP contribution in [0.4, 0.5) is 11.4 Å². The molecular weight excluding hydrogens is 432 g/mol. The summed E-state index contributed by atoms with van der Waals surface area (Å²) in [5, 5.41) is 6.58. The molecule has 0 saturated carbocycles.